The normalized spacial score (nSPS) is 9.65. The van der Waals surface area contributed by atoms with E-state index >= 15 is 0 Å². The zero-order valence-corrected chi connectivity index (χ0v) is 9.48. The summed E-state index contributed by atoms with van der Waals surface area (Å²) in [6.45, 7) is 0.171. The number of hydrogen-bond acceptors (Lipinski definition) is 2. The van der Waals surface area contributed by atoms with Crippen molar-refractivity contribution >= 4 is 12.0 Å². The van der Waals surface area contributed by atoms with Gasteiger partial charge in [0, 0.05) is 6.54 Å². The number of carbonyl (C=O) groups excluding carboxylic acids is 1. The summed E-state index contributed by atoms with van der Waals surface area (Å²) >= 11 is 0. The van der Waals surface area contributed by atoms with Crippen LogP contribution in [0, 0.1) is 0 Å². The number of aryl methyl sites for hydroxylation is 1. The van der Waals surface area contributed by atoms with Crippen LogP contribution in [0.5, 0.6) is 0 Å². The van der Waals surface area contributed by atoms with Gasteiger partial charge in [0.25, 0.3) is 0 Å². The first kappa shape index (κ1) is 13.0. The number of rotatable bonds is 6. The van der Waals surface area contributed by atoms with Crippen molar-refractivity contribution in [2.45, 2.75) is 12.8 Å². The SMILES string of the molecule is O=C(O)CNC(=O)NCCCc1ccccc1. The maximum Gasteiger partial charge on any atom is 0.323 e. The number of amides is 2. The predicted octanol–water partition coefficient (Wildman–Crippen LogP) is 1.00. The van der Waals surface area contributed by atoms with Crippen molar-refractivity contribution in [3.05, 3.63) is 35.9 Å². The molecule has 1 aromatic rings. The number of hydrogen-bond donors (Lipinski definition) is 3. The summed E-state index contributed by atoms with van der Waals surface area (Å²) in [7, 11) is 0. The number of benzene rings is 1. The second kappa shape index (κ2) is 7.27. The fourth-order valence-electron chi connectivity index (χ4n) is 1.36. The van der Waals surface area contributed by atoms with Crippen molar-refractivity contribution in [2.75, 3.05) is 13.1 Å². The minimum atomic E-state index is -1.05. The largest absolute Gasteiger partial charge is 0.480 e. The van der Waals surface area contributed by atoms with Gasteiger partial charge in [0.15, 0.2) is 0 Å². The van der Waals surface area contributed by atoms with E-state index in [1.807, 2.05) is 30.3 Å². The summed E-state index contributed by atoms with van der Waals surface area (Å²) in [5.74, 6) is -1.05. The van der Waals surface area contributed by atoms with Crippen LogP contribution in [0.25, 0.3) is 0 Å². The Balaban J connectivity index is 2.08. The first-order valence-corrected chi connectivity index (χ1v) is 5.46. The third-order valence-electron chi connectivity index (χ3n) is 2.17. The smallest absolute Gasteiger partial charge is 0.323 e. The molecule has 0 aliphatic rings. The first-order valence-electron chi connectivity index (χ1n) is 5.46. The van der Waals surface area contributed by atoms with Gasteiger partial charge in [-0.25, -0.2) is 4.79 Å². The Morgan fingerprint density at radius 1 is 1.12 bits per heavy atom. The van der Waals surface area contributed by atoms with Crippen LogP contribution in [-0.4, -0.2) is 30.2 Å². The van der Waals surface area contributed by atoms with Crippen molar-refractivity contribution in [3.63, 3.8) is 0 Å². The molecule has 0 saturated carbocycles. The Morgan fingerprint density at radius 3 is 2.47 bits per heavy atom. The van der Waals surface area contributed by atoms with Gasteiger partial charge in [-0.2, -0.15) is 0 Å². The maximum atomic E-state index is 11.1. The molecule has 2 amide bonds. The Kier molecular flexibility index (Phi) is 5.57. The average Bonchev–Trinajstić information content (AvgIpc) is 2.33. The van der Waals surface area contributed by atoms with Gasteiger partial charge in [-0.3, -0.25) is 4.79 Å². The molecule has 0 unspecified atom stereocenters. The van der Waals surface area contributed by atoms with Crippen LogP contribution in [0.3, 0.4) is 0 Å². The summed E-state index contributed by atoms with van der Waals surface area (Å²) in [6.07, 6.45) is 1.71. The van der Waals surface area contributed by atoms with E-state index in [1.54, 1.807) is 0 Å². The van der Waals surface area contributed by atoms with Gasteiger partial charge in [-0.15, -0.1) is 0 Å². The summed E-state index contributed by atoms with van der Waals surface area (Å²) in [5, 5.41) is 13.2. The lowest BCUT2D eigenvalue weighted by molar-refractivity contribution is -0.135. The van der Waals surface area contributed by atoms with E-state index in [2.05, 4.69) is 10.6 Å². The molecule has 0 saturated heterocycles. The highest BCUT2D eigenvalue weighted by Crippen LogP contribution is 2.01. The van der Waals surface area contributed by atoms with Gasteiger partial charge in [0.2, 0.25) is 0 Å². The number of carboxylic acid groups (broad SMARTS) is 1. The lowest BCUT2D eigenvalue weighted by Gasteiger charge is -2.05. The fourth-order valence-corrected chi connectivity index (χ4v) is 1.36. The second-order valence-corrected chi connectivity index (χ2v) is 3.59. The molecule has 0 aliphatic carbocycles. The van der Waals surface area contributed by atoms with Crippen molar-refractivity contribution in [3.8, 4) is 0 Å². The molecule has 0 bridgehead atoms. The molecule has 0 spiro atoms. The molecule has 0 atom stereocenters. The first-order chi connectivity index (χ1) is 8.18. The summed E-state index contributed by atoms with van der Waals surface area (Å²) in [5.41, 5.74) is 1.22. The van der Waals surface area contributed by atoms with Crippen molar-refractivity contribution < 1.29 is 14.7 Å². The summed E-state index contributed by atoms with van der Waals surface area (Å²) in [6, 6.07) is 9.53. The predicted molar refractivity (Wildman–Crippen MR) is 63.8 cm³/mol. The monoisotopic (exact) mass is 236 g/mol. The molecular weight excluding hydrogens is 220 g/mol. The van der Waals surface area contributed by atoms with Crippen LogP contribution < -0.4 is 10.6 Å². The quantitative estimate of drug-likeness (QED) is 0.645. The zero-order valence-electron chi connectivity index (χ0n) is 9.48. The summed E-state index contributed by atoms with van der Waals surface area (Å²) < 4.78 is 0. The van der Waals surface area contributed by atoms with E-state index < -0.39 is 12.0 Å². The number of aliphatic carboxylic acids is 1. The van der Waals surface area contributed by atoms with Crippen LogP contribution in [-0.2, 0) is 11.2 Å². The van der Waals surface area contributed by atoms with Crippen molar-refractivity contribution in [1.29, 1.82) is 0 Å². The highest BCUT2D eigenvalue weighted by molar-refractivity contribution is 5.79. The van der Waals surface area contributed by atoms with E-state index in [4.69, 9.17) is 5.11 Å². The lowest BCUT2D eigenvalue weighted by Crippen LogP contribution is -2.38. The van der Waals surface area contributed by atoms with Crippen LogP contribution in [0.2, 0.25) is 0 Å². The molecule has 1 aromatic carbocycles. The molecule has 92 valence electrons. The fraction of sp³-hybridized carbons (Fsp3) is 0.333. The molecule has 0 fully saturated rings. The number of carboxylic acids is 1. The highest BCUT2D eigenvalue weighted by Gasteiger charge is 2.01. The van der Waals surface area contributed by atoms with Gasteiger partial charge in [-0.1, -0.05) is 30.3 Å². The van der Waals surface area contributed by atoms with Gasteiger partial charge in [0.1, 0.15) is 6.54 Å². The molecule has 3 N–H and O–H groups in total. The summed E-state index contributed by atoms with van der Waals surface area (Å²) in [4.78, 5) is 21.2. The van der Waals surface area contributed by atoms with E-state index in [1.165, 1.54) is 5.56 Å². The Bertz CT molecular complexity index is 365. The number of nitrogens with one attached hydrogen (secondary N) is 2. The van der Waals surface area contributed by atoms with Gasteiger partial charge >= 0.3 is 12.0 Å². The third-order valence-corrected chi connectivity index (χ3v) is 2.17. The molecule has 0 heterocycles. The van der Waals surface area contributed by atoms with Crippen molar-refractivity contribution in [1.82, 2.24) is 10.6 Å². The number of carbonyl (C=O) groups is 2. The van der Waals surface area contributed by atoms with Crippen LogP contribution in [0.15, 0.2) is 30.3 Å². The van der Waals surface area contributed by atoms with Crippen LogP contribution in [0.4, 0.5) is 4.79 Å². The molecule has 1 rings (SSSR count). The standard InChI is InChI=1S/C12H16N2O3/c15-11(16)9-14-12(17)13-8-4-7-10-5-2-1-3-6-10/h1-3,5-6H,4,7-9H2,(H,15,16)(H2,13,14,17). The van der Waals surface area contributed by atoms with Gasteiger partial charge in [0.05, 0.1) is 0 Å². The minimum absolute atomic E-state index is 0.357. The molecule has 0 radical (unpaired) electrons. The van der Waals surface area contributed by atoms with Crippen molar-refractivity contribution in [2.24, 2.45) is 0 Å². The average molecular weight is 236 g/mol. The molecule has 0 aromatic heterocycles. The van der Waals surface area contributed by atoms with E-state index in [9.17, 15) is 9.59 Å². The van der Waals surface area contributed by atoms with Crippen LogP contribution >= 0.6 is 0 Å². The Labute approximate surface area is 99.8 Å². The van der Waals surface area contributed by atoms with Crippen LogP contribution in [0.1, 0.15) is 12.0 Å². The Morgan fingerprint density at radius 2 is 1.82 bits per heavy atom. The molecule has 5 heteroatoms. The topological polar surface area (TPSA) is 78.4 Å². The van der Waals surface area contributed by atoms with E-state index in [-0.39, 0.29) is 6.54 Å². The van der Waals surface area contributed by atoms with E-state index in [0.717, 1.165) is 12.8 Å². The minimum Gasteiger partial charge on any atom is -0.480 e. The van der Waals surface area contributed by atoms with E-state index in [0.29, 0.717) is 6.54 Å². The zero-order chi connectivity index (χ0) is 12.5. The van der Waals surface area contributed by atoms with Gasteiger partial charge < -0.3 is 15.7 Å². The molecular formula is C12H16N2O3. The third kappa shape index (κ3) is 6.19. The molecule has 5 nitrogen and oxygen atoms in total. The molecule has 0 aliphatic heterocycles. The molecule has 17 heavy (non-hydrogen) atoms. The Hall–Kier alpha value is -2.04. The van der Waals surface area contributed by atoms with Gasteiger partial charge in [-0.05, 0) is 18.4 Å². The second-order valence-electron chi connectivity index (χ2n) is 3.59. The highest BCUT2D eigenvalue weighted by atomic mass is 16.4. The lowest BCUT2D eigenvalue weighted by atomic mass is 10.1. The maximum absolute atomic E-state index is 11.1. The number of urea groups is 1.